The molecule has 0 saturated heterocycles. The minimum Gasteiger partial charge on any atom is -0.507 e. The molecule has 0 bridgehead atoms. The predicted molar refractivity (Wildman–Crippen MR) is 101 cm³/mol. The van der Waals surface area contributed by atoms with Gasteiger partial charge in [0.25, 0.3) is 0 Å². The fraction of sp³-hybridized carbons (Fsp3) is 0.273. The second-order valence-corrected chi connectivity index (χ2v) is 6.93. The largest absolute Gasteiger partial charge is 0.507 e. The van der Waals surface area contributed by atoms with E-state index in [0.29, 0.717) is 5.41 Å². The van der Waals surface area contributed by atoms with Crippen LogP contribution in [0.5, 0.6) is 5.75 Å². The first-order valence-corrected chi connectivity index (χ1v) is 8.51. The fourth-order valence-corrected chi connectivity index (χ4v) is 3.47. The van der Waals surface area contributed by atoms with Crippen LogP contribution in [0.3, 0.4) is 0 Å². The molecule has 1 aliphatic carbocycles. The second-order valence-electron chi connectivity index (χ2n) is 6.93. The van der Waals surface area contributed by atoms with E-state index >= 15 is 0 Å². The highest BCUT2D eigenvalue weighted by Gasteiger charge is 2.48. The van der Waals surface area contributed by atoms with E-state index in [-0.39, 0.29) is 5.75 Å². The Bertz CT molecular complexity index is 790. The molecule has 2 aromatic rings. The summed E-state index contributed by atoms with van der Waals surface area (Å²) in [6.45, 7) is 4.67. The van der Waals surface area contributed by atoms with Crippen molar-refractivity contribution in [2.75, 3.05) is 0 Å². The summed E-state index contributed by atoms with van der Waals surface area (Å²) in [5.41, 5.74) is 10.5. The van der Waals surface area contributed by atoms with Crippen LogP contribution in [0.15, 0.2) is 66.9 Å². The van der Waals surface area contributed by atoms with Gasteiger partial charge in [0.1, 0.15) is 5.75 Å². The van der Waals surface area contributed by atoms with Gasteiger partial charge in [0.2, 0.25) is 0 Å². The summed E-state index contributed by atoms with van der Waals surface area (Å²) in [5.74, 6) is 1.00. The Kier molecular flexibility index (Phi) is 4.48. The smallest absolute Gasteiger partial charge is 0.123 e. The summed E-state index contributed by atoms with van der Waals surface area (Å²) in [6.07, 6.45) is 7.79. The molecule has 0 aromatic heterocycles. The van der Waals surface area contributed by atoms with Gasteiger partial charge in [0.15, 0.2) is 0 Å². The number of benzene rings is 2. The average molecular weight is 319 g/mol. The van der Waals surface area contributed by atoms with Crippen molar-refractivity contribution >= 4 is 5.57 Å². The maximum atomic E-state index is 9.99. The Morgan fingerprint density at radius 2 is 1.88 bits per heavy atom. The van der Waals surface area contributed by atoms with Crippen molar-refractivity contribution in [2.45, 2.75) is 32.1 Å². The fourth-order valence-electron chi connectivity index (χ4n) is 3.47. The zero-order valence-electron chi connectivity index (χ0n) is 14.4. The van der Waals surface area contributed by atoms with Crippen LogP contribution in [0.4, 0.5) is 0 Å². The molecule has 0 amide bonds. The molecule has 0 spiro atoms. The lowest BCUT2D eigenvalue weighted by Crippen LogP contribution is -2.06. The van der Waals surface area contributed by atoms with Crippen molar-refractivity contribution in [2.24, 2.45) is 11.7 Å². The molecule has 0 radical (unpaired) electrons. The number of hydrogen-bond acceptors (Lipinski definition) is 2. The zero-order valence-corrected chi connectivity index (χ0v) is 14.4. The third kappa shape index (κ3) is 3.09. The van der Waals surface area contributed by atoms with Crippen LogP contribution in [0.2, 0.25) is 0 Å². The summed E-state index contributed by atoms with van der Waals surface area (Å²) in [5, 5.41) is 9.99. The molecule has 1 aliphatic rings. The van der Waals surface area contributed by atoms with Gasteiger partial charge in [-0.05, 0) is 41.4 Å². The van der Waals surface area contributed by atoms with Gasteiger partial charge in [0.05, 0.1) is 0 Å². The SMILES string of the molecule is CC1CC1(C)c1ccccc1C/C=C\C(=C/N)c1ccccc1O. The standard InChI is InChI=1S/C22H25NO/c1-16-14-22(16,2)20-12-5-3-8-17(20)9-7-10-18(15-23)19-11-4-6-13-21(19)24/h3-8,10-13,15-16,24H,9,14,23H2,1-2H3/b10-7-,18-15+. The van der Waals surface area contributed by atoms with Crippen LogP contribution in [0.1, 0.15) is 37.0 Å². The van der Waals surface area contributed by atoms with Gasteiger partial charge in [-0.1, -0.05) is 68.5 Å². The van der Waals surface area contributed by atoms with Gasteiger partial charge in [-0.25, -0.2) is 0 Å². The van der Waals surface area contributed by atoms with Crippen LogP contribution in [0, 0.1) is 5.92 Å². The number of hydrogen-bond donors (Lipinski definition) is 2. The highest BCUT2D eigenvalue weighted by Crippen LogP contribution is 2.54. The summed E-state index contributed by atoms with van der Waals surface area (Å²) < 4.78 is 0. The van der Waals surface area contributed by atoms with Crippen LogP contribution in [0.25, 0.3) is 5.57 Å². The first kappa shape index (κ1) is 16.4. The van der Waals surface area contributed by atoms with E-state index < -0.39 is 0 Å². The third-order valence-electron chi connectivity index (χ3n) is 5.32. The molecule has 2 unspecified atom stereocenters. The van der Waals surface area contributed by atoms with E-state index in [2.05, 4.69) is 44.2 Å². The molecule has 124 valence electrons. The Hall–Kier alpha value is -2.48. The molecule has 1 saturated carbocycles. The number of nitrogens with two attached hydrogens (primary N) is 1. The minimum atomic E-state index is 0.249. The molecule has 2 nitrogen and oxygen atoms in total. The average Bonchev–Trinajstić information content (AvgIpc) is 3.21. The molecular formula is C22H25NO. The van der Waals surface area contributed by atoms with Crippen LogP contribution < -0.4 is 5.73 Å². The lowest BCUT2D eigenvalue weighted by Gasteiger charge is -2.15. The topological polar surface area (TPSA) is 46.2 Å². The second kappa shape index (κ2) is 6.56. The van der Waals surface area contributed by atoms with E-state index in [9.17, 15) is 5.11 Å². The monoisotopic (exact) mass is 319 g/mol. The first-order chi connectivity index (χ1) is 11.6. The van der Waals surface area contributed by atoms with Crippen molar-refractivity contribution in [1.29, 1.82) is 0 Å². The van der Waals surface area contributed by atoms with E-state index in [1.165, 1.54) is 17.5 Å². The molecule has 3 rings (SSSR count). The molecule has 1 fully saturated rings. The summed E-state index contributed by atoms with van der Waals surface area (Å²) in [6, 6.07) is 16.0. The van der Waals surface area contributed by atoms with E-state index in [0.717, 1.165) is 23.5 Å². The molecular weight excluding hydrogens is 294 g/mol. The number of rotatable bonds is 5. The Morgan fingerprint density at radius 1 is 1.21 bits per heavy atom. The number of phenolic OH excluding ortho intramolecular Hbond substituents is 1. The van der Waals surface area contributed by atoms with Crippen LogP contribution >= 0.6 is 0 Å². The van der Waals surface area contributed by atoms with Crippen molar-refractivity contribution in [3.8, 4) is 5.75 Å². The van der Waals surface area contributed by atoms with Crippen LogP contribution in [-0.4, -0.2) is 5.11 Å². The lowest BCUT2D eigenvalue weighted by atomic mass is 9.89. The number of allylic oxidation sites excluding steroid dienone is 3. The number of para-hydroxylation sites is 1. The van der Waals surface area contributed by atoms with Crippen molar-refractivity contribution < 1.29 is 5.11 Å². The first-order valence-electron chi connectivity index (χ1n) is 8.51. The van der Waals surface area contributed by atoms with Crippen LogP contribution in [-0.2, 0) is 11.8 Å². The quantitative estimate of drug-likeness (QED) is 0.778. The molecule has 0 aliphatic heterocycles. The van der Waals surface area contributed by atoms with E-state index in [1.54, 1.807) is 12.3 Å². The van der Waals surface area contributed by atoms with Gasteiger partial charge in [-0.15, -0.1) is 0 Å². The Labute approximate surface area is 144 Å². The van der Waals surface area contributed by atoms with Crippen molar-refractivity contribution in [3.63, 3.8) is 0 Å². The molecule has 2 aromatic carbocycles. The predicted octanol–water partition coefficient (Wildman–Crippen LogP) is 4.79. The number of phenols is 1. The third-order valence-corrected chi connectivity index (χ3v) is 5.32. The van der Waals surface area contributed by atoms with Gasteiger partial charge in [0, 0.05) is 17.3 Å². The maximum absolute atomic E-state index is 9.99. The molecule has 24 heavy (non-hydrogen) atoms. The van der Waals surface area contributed by atoms with E-state index in [1.807, 2.05) is 24.3 Å². The minimum absolute atomic E-state index is 0.249. The molecule has 2 heteroatoms. The summed E-state index contributed by atoms with van der Waals surface area (Å²) in [4.78, 5) is 0. The Morgan fingerprint density at radius 3 is 2.54 bits per heavy atom. The highest BCUT2D eigenvalue weighted by atomic mass is 16.3. The zero-order chi connectivity index (χ0) is 17.2. The Balaban J connectivity index is 1.79. The van der Waals surface area contributed by atoms with Crippen molar-refractivity contribution in [3.05, 3.63) is 83.6 Å². The normalized spacial score (nSPS) is 23.6. The van der Waals surface area contributed by atoms with Crippen molar-refractivity contribution in [1.82, 2.24) is 0 Å². The molecule has 2 atom stereocenters. The number of aromatic hydroxyl groups is 1. The van der Waals surface area contributed by atoms with Gasteiger partial charge in [-0.3, -0.25) is 0 Å². The molecule has 3 N–H and O–H groups in total. The lowest BCUT2D eigenvalue weighted by molar-refractivity contribution is 0.473. The van der Waals surface area contributed by atoms with E-state index in [4.69, 9.17) is 5.73 Å². The maximum Gasteiger partial charge on any atom is 0.123 e. The molecule has 0 heterocycles. The highest BCUT2D eigenvalue weighted by molar-refractivity contribution is 5.77. The van der Waals surface area contributed by atoms with Gasteiger partial charge < -0.3 is 10.8 Å². The van der Waals surface area contributed by atoms with Gasteiger partial charge >= 0.3 is 0 Å². The summed E-state index contributed by atoms with van der Waals surface area (Å²) >= 11 is 0. The van der Waals surface area contributed by atoms with Gasteiger partial charge in [-0.2, -0.15) is 0 Å². The summed E-state index contributed by atoms with van der Waals surface area (Å²) in [7, 11) is 0.